The highest BCUT2D eigenvalue weighted by molar-refractivity contribution is 5.86. The lowest BCUT2D eigenvalue weighted by atomic mass is 10.0. The van der Waals surface area contributed by atoms with Gasteiger partial charge in [-0.3, -0.25) is 4.90 Å². The third-order valence-electron chi connectivity index (χ3n) is 3.72. The van der Waals surface area contributed by atoms with Crippen LogP contribution < -0.4 is 5.73 Å². The average Bonchev–Trinajstić information content (AvgIpc) is 2.79. The SMILES string of the molecule is CCN(CC)Cc1cccc2c(C[C@@H](C)N)c[nH]c12. The van der Waals surface area contributed by atoms with Crippen LogP contribution in [-0.2, 0) is 13.0 Å². The number of rotatable bonds is 6. The molecule has 104 valence electrons. The second kappa shape index (κ2) is 6.22. The van der Waals surface area contributed by atoms with E-state index in [9.17, 15) is 0 Å². The molecule has 3 N–H and O–H groups in total. The number of aromatic nitrogens is 1. The zero-order valence-electron chi connectivity index (χ0n) is 12.2. The van der Waals surface area contributed by atoms with E-state index in [1.54, 1.807) is 0 Å². The van der Waals surface area contributed by atoms with Gasteiger partial charge in [-0.2, -0.15) is 0 Å². The summed E-state index contributed by atoms with van der Waals surface area (Å²) in [5.74, 6) is 0. The number of hydrogen-bond donors (Lipinski definition) is 2. The molecule has 0 amide bonds. The lowest BCUT2D eigenvalue weighted by Crippen LogP contribution is -2.22. The summed E-state index contributed by atoms with van der Waals surface area (Å²) in [6.45, 7) is 9.64. The number of nitrogens with one attached hydrogen (secondary N) is 1. The van der Waals surface area contributed by atoms with Crippen LogP contribution >= 0.6 is 0 Å². The van der Waals surface area contributed by atoms with Crippen LogP contribution in [0.15, 0.2) is 24.4 Å². The Morgan fingerprint density at radius 2 is 1.95 bits per heavy atom. The van der Waals surface area contributed by atoms with Gasteiger partial charge in [-0.05, 0) is 37.6 Å². The predicted octanol–water partition coefficient (Wildman–Crippen LogP) is 2.90. The van der Waals surface area contributed by atoms with E-state index < -0.39 is 0 Å². The second-order valence-corrected chi connectivity index (χ2v) is 5.30. The molecular weight excluding hydrogens is 234 g/mol. The van der Waals surface area contributed by atoms with Crippen LogP contribution in [0.1, 0.15) is 31.9 Å². The Hall–Kier alpha value is -1.32. The quantitative estimate of drug-likeness (QED) is 0.838. The number of benzene rings is 1. The van der Waals surface area contributed by atoms with Crippen molar-refractivity contribution >= 4 is 10.9 Å². The Morgan fingerprint density at radius 1 is 1.21 bits per heavy atom. The number of para-hydroxylation sites is 1. The summed E-state index contributed by atoms with van der Waals surface area (Å²) in [4.78, 5) is 5.86. The Bertz CT molecular complexity index is 524. The Morgan fingerprint density at radius 3 is 2.58 bits per heavy atom. The van der Waals surface area contributed by atoms with Crippen LogP contribution in [-0.4, -0.2) is 29.0 Å². The molecule has 0 aliphatic carbocycles. The van der Waals surface area contributed by atoms with E-state index in [2.05, 4.69) is 55.1 Å². The number of H-pyrrole nitrogens is 1. The number of nitrogens with zero attached hydrogens (tertiary/aromatic N) is 1. The Labute approximate surface area is 115 Å². The summed E-state index contributed by atoms with van der Waals surface area (Å²) in [7, 11) is 0. The molecule has 1 atom stereocenters. The third-order valence-corrected chi connectivity index (χ3v) is 3.72. The summed E-state index contributed by atoms with van der Waals surface area (Å²) in [5.41, 5.74) is 9.88. The first-order chi connectivity index (χ1) is 9.15. The molecule has 1 heterocycles. The largest absolute Gasteiger partial charge is 0.361 e. The van der Waals surface area contributed by atoms with Crippen molar-refractivity contribution in [3.8, 4) is 0 Å². The Balaban J connectivity index is 2.33. The molecule has 0 saturated heterocycles. The van der Waals surface area contributed by atoms with Gasteiger partial charge in [0.05, 0.1) is 5.52 Å². The predicted molar refractivity (Wildman–Crippen MR) is 82.3 cm³/mol. The van der Waals surface area contributed by atoms with Gasteiger partial charge in [-0.25, -0.2) is 0 Å². The van der Waals surface area contributed by atoms with Crippen LogP contribution in [0.3, 0.4) is 0 Å². The van der Waals surface area contributed by atoms with E-state index in [4.69, 9.17) is 5.73 Å². The molecule has 19 heavy (non-hydrogen) atoms. The fourth-order valence-corrected chi connectivity index (χ4v) is 2.61. The van der Waals surface area contributed by atoms with Crippen molar-refractivity contribution in [1.29, 1.82) is 0 Å². The average molecular weight is 259 g/mol. The number of aromatic amines is 1. The Kier molecular flexibility index (Phi) is 4.61. The second-order valence-electron chi connectivity index (χ2n) is 5.30. The molecule has 1 aromatic carbocycles. The van der Waals surface area contributed by atoms with Crippen LogP contribution in [0.2, 0.25) is 0 Å². The molecule has 2 aromatic rings. The topological polar surface area (TPSA) is 45.0 Å². The van der Waals surface area contributed by atoms with Crippen molar-refractivity contribution in [3.05, 3.63) is 35.5 Å². The van der Waals surface area contributed by atoms with Gasteiger partial charge in [0, 0.05) is 24.2 Å². The summed E-state index contributed by atoms with van der Waals surface area (Å²) >= 11 is 0. The smallest absolute Gasteiger partial charge is 0.0502 e. The molecule has 3 heteroatoms. The van der Waals surface area contributed by atoms with Crippen molar-refractivity contribution in [2.24, 2.45) is 5.73 Å². The first kappa shape index (κ1) is 14.1. The molecule has 2 rings (SSSR count). The van der Waals surface area contributed by atoms with Crippen LogP contribution in [0.4, 0.5) is 0 Å². The third kappa shape index (κ3) is 3.17. The van der Waals surface area contributed by atoms with Crippen LogP contribution in [0, 0.1) is 0 Å². The highest BCUT2D eigenvalue weighted by atomic mass is 15.1. The number of fused-ring (bicyclic) bond motifs is 1. The van der Waals surface area contributed by atoms with E-state index in [1.165, 1.54) is 22.0 Å². The maximum Gasteiger partial charge on any atom is 0.0502 e. The maximum atomic E-state index is 5.91. The monoisotopic (exact) mass is 259 g/mol. The van der Waals surface area contributed by atoms with E-state index >= 15 is 0 Å². The lowest BCUT2D eigenvalue weighted by Gasteiger charge is -2.18. The van der Waals surface area contributed by atoms with Gasteiger partial charge in [-0.15, -0.1) is 0 Å². The maximum absolute atomic E-state index is 5.91. The van der Waals surface area contributed by atoms with Crippen molar-refractivity contribution in [2.45, 2.75) is 39.8 Å². The van der Waals surface area contributed by atoms with E-state index in [1.807, 2.05) is 0 Å². The van der Waals surface area contributed by atoms with Crippen molar-refractivity contribution in [3.63, 3.8) is 0 Å². The fourth-order valence-electron chi connectivity index (χ4n) is 2.61. The first-order valence-corrected chi connectivity index (χ1v) is 7.21. The van der Waals surface area contributed by atoms with Gasteiger partial charge in [0.1, 0.15) is 0 Å². The van der Waals surface area contributed by atoms with Crippen molar-refractivity contribution in [1.82, 2.24) is 9.88 Å². The molecule has 3 nitrogen and oxygen atoms in total. The van der Waals surface area contributed by atoms with Crippen LogP contribution in [0.25, 0.3) is 10.9 Å². The first-order valence-electron chi connectivity index (χ1n) is 7.21. The van der Waals surface area contributed by atoms with E-state index in [0.29, 0.717) is 0 Å². The molecule has 0 saturated carbocycles. The highest BCUT2D eigenvalue weighted by Crippen LogP contribution is 2.23. The van der Waals surface area contributed by atoms with E-state index in [0.717, 1.165) is 26.1 Å². The molecule has 0 radical (unpaired) electrons. The van der Waals surface area contributed by atoms with Gasteiger partial charge >= 0.3 is 0 Å². The molecule has 0 spiro atoms. The molecular formula is C16H25N3. The zero-order valence-corrected chi connectivity index (χ0v) is 12.2. The van der Waals surface area contributed by atoms with Crippen LogP contribution in [0.5, 0.6) is 0 Å². The fraction of sp³-hybridized carbons (Fsp3) is 0.500. The molecule has 1 aromatic heterocycles. The summed E-state index contributed by atoms with van der Waals surface area (Å²) in [6, 6.07) is 6.76. The molecule has 0 fully saturated rings. The summed E-state index contributed by atoms with van der Waals surface area (Å²) in [5, 5.41) is 1.32. The van der Waals surface area contributed by atoms with Gasteiger partial charge in [0.2, 0.25) is 0 Å². The molecule has 0 bridgehead atoms. The number of nitrogens with two attached hydrogens (primary N) is 1. The minimum Gasteiger partial charge on any atom is -0.361 e. The number of hydrogen-bond acceptors (Lipinski definition) is 2. The van der Waals surface area contributed by atoms with Gasteiger partial charge in [0.25, 0.3) is 0 Å². The molecule has 0 unspecified atom stereocenters. The molecule has 0 aliphatic rings. The summed E-state index contributed by atoms with van der Waals surface area (Å²) in [6.07, 6.45) is 3.04. The zero-order chi connectivity index (χ0) is 13.8. The summed E-state index contributed by atoms with van der Waals surface area (Å²) < 4.78 is 0. The van der Waals surface area contributed by atoms with Crippen molar-refractivity contribution in [2.75, 3.05) is 13.1 Å². The normalized spacial score (nSPS) is 13.3. The van der Waals surface area contributed by atoms with Crippen molar-refractivity contribution < 1.29 is 0 Å². The minimum atomic E-state index is 0.199. The van der Waals surface area contributed by atoms with Gasteiger partial charge in [0.15, 0.2) is 0 Å². The standard InChI is InChI=1S/C16H25N3/c1-4-19(5-2)11-13-7-6-8-15-14(9-12(3)17)10-18-16(13)15/h6-8,10,12,18H,4-5,9,11,17H2,1-3H3/t12-/m1/s1. The van der Waals surface area contributed by atoms with Gasteiger partial charge in [-0.1, -0.05) is 32.0 Å². The van der Waals surface area contributed by atoms with E-state index in [-0.39, 0.29) is 6.04 Å². The minimum absolute atomic E-state index is 0.199. The van der Waals surface area contributed by atoms with Gasteiger partial charge < -0.3 is 10.7 Å². The molecule has 0 aliphatic heterocycles. The highest BCUT2D eigenvalue weighted by Gasteiger charge is 2.10. The lowest BCUT2D eigenvalue weighted by molar-refractivity contribution is 0.297.